The summed E-state index contributed by atoms with van der Waals surface area (Å²) in [5.74, 6) is 0.341. The summed E-state index contributed by atoms with van der Waals surface area (Å²) >= 11 is 2.29. The van der Waals surface area contributed by atoms with Gasteiger partial charge in [-0.1, -0.05) is 32.4 Å². The second-order valence-electron chi connectivity index (χ2n) is 4.87. The molecule has 1 rings (SSSR count). The highest BCUT2D eigenvalue weighted by Crippen LogP contribution is 2.15. The van der Waals surface area contributed by atoms with Crippen molar-refractivity contribution in [3.8, 4) is 0 Å². The molecular formula is C16H23IO3. The van der Waals surface area contributed by atoms with Gasteiger partial charge < -0.3 is 9.47 Å². The third-order valence-electron chi connectivity index (χ3n) is 3.17. The van der Waals surface area contributed by atoms with E-state index < -0.39 is 6.16 Å². The summed E-state index contributed by atoms with van der Waals surface area (Å²) < 4.78 is 11.4. The van der Waals surface area contributed by atoms with E-state index in [4.69, 9.17) is 9.47 Å². The zero-order valence-electron chi connectivity index (χ0n) is 12.2. The minimum absolute atomic E-state index is 0.341. The number of ether oxygens (including phenoxy) is 2. The van der Waals surface area contributed by atoms with E-state index in [0.29, 0.717) is 19.1 Å². The number of hydrogen-bond acceptors (Lipinski definition) is 3. The van der Waals surface area contributed by atoms with Crippen molar-refractivity contribution < 1.29 is 14.3 Å². The summed E-state index contributed by atoms with van der Waals surface area (Å²) in [5.41, 5.74) is 1.28. The smallest absolute Gasteiger partial charge is 0.434 e. The molecule has 0 spiro atoms. The van der Waals surface area contributed by atoms with Crippen LogP contribution in [0.2, 0.25) is 0 Å². The normalized spacial score (nSPS) is 11.9. The van der Waals surface area contributed by atoms with E-state index in [1.807, 2.05) is 0 Å². The van der Waals surface area contributed by atoms with Crippen LogP contribution >= 0.6 is 22.6 Å². The topological polar surface area (TPSA) is 35.5 Å². The van der Waals surface area contributed by atoms with Gasteiger partial charge in [-0.3, -0.25) is 0 Å². The predicted molar refractivity (Wildman–Crippen MR) is 88.9 cm³/mol. The quantitative estimate of drug-likeness (QED) is 0.363. The lowest BCUT2D eigenvalue weighted by atomic mass is 9.98. The molecule has 20 heavy (non-hydrogen) atoms. The van der Waals surface area contributed by atoms with Gasteiger partial charge >= 0.3 is 6.16 Å². The van der Waals surface area contributed by atoms with Crippen LogP contribution in [-0.4, -0.2) is 19.4 Å². The van der Waals surface area contributed by atoms with Crippen LogP contribution in [0.25, 0.3) is 0 Å². The van der Waals surface area contributed by atoms with Gasteiger partial charge in [0.25, 0.3) is 0 Å². The number of benzene rings is 1. The van der Waals surface area contributed by atoms with E-state index in [1.165, 1.54) is 9.13 Å². The van der Waals surface area contributed by atoms with Crippen molar-refractivity contribution in [2.75, 3.05) is 13.2 Å². The van der Waals surface area contributed by atoms with Crippen LogP contribution in [0.15, 0.2) is 24.3 Å². The van der Waals surface area contributed by atoms with E-state index in [9.17, 15) is 4.79 Å². The number of carbonyl (C=O) groups is 1. The Balaban J connectivity index is 2.32. The van der Waals surface area contributed by atoms with Gasteiger partial charge in [-0.2, -0.15) is 0 Å². The standard InChI is InChI=1S/C16H23IO3/c1-3-5-10-19-16(18)20-12-13(4-2)11-14-6-8-15(17)9-7-14/h6-9,13H,3-5,10-12H2,1-2H3/t13-/m1/s1. The molecule has 112 valence electrons. The van der Waals surface area contributed by atoms with Gasteiger partial charge in [0.05, 0.1) is 13.2 Å². The van der Waals surface area contributed by atoms with Gasteiger partial charge in [0.15, 0.2) is 0 Å². The van der Waals surface area contributed by atoms with E-state index >= 15 is 0 Å². The lowest BCUT2D eigenvalue weighted by Gasteiger charge is -2.15. The van der Waals surface area contributed by atoms with Crippen molar-refractivity contribution >= 4 is 28.7 Å². The Morgan fingerprint density at radius 2 is 1.90 bits per heavy atom. The first-order valence-corrected chi connectivity index (χ1v) is 8.27. The molecule has 0 aliphatic heterocycles. The average Bonchev–Trinajstić information content (AvgIpc) is 2.45. The molecule has 0 saturated carbocycles. The Bertz CT molecular complexity index is 389. The van der Waals surface area contributed by atoms with Crippen molar-refractivity contribution in [2.24, 2.45) is 5.92 Å². The van der Waals surface area contributed by atoms with Crippen LogP contribution in [0.3, 0.4) is 0 Å². The zero-order chi connectivity index (χ0) is 14.8. The summed E-state index contributed by atoms with van der Waals surface area (Å²) in [6, 6.07) is 8.46. The number of unbranched alkanes of at least 4 members (excludes halogenated alkanes) is 1. The van der Waals surface area contributed by atoms with Crippen LogP contribution in [-0.2, 0) is 15.9 Å². The van der Waals surface area contributed by atoms with Crippen molar-refractivity contribution in [3.05, 3.63) is 33.4 Å². The maximum atomic E-state index is 11.4. The molecule has 1 aromatic carbocycles. The lowest BCUT2D eigenvalue weighted by Crippen LogP contribution is -2.17. The average molecular weight is 390 g/mol. The van der Waals surface area contributed by atoms with Gasteiger partial charge in [0, 0.05) is 3.57 Å². The fraction of sp³-hybridized carbons (Fsp3) is 0.562. The van der Waals surface area contributed by atoms with Crippen LogP contribution in [0, 0.1) is 9.49 Å². The van der Waals surface area contributed by atoms with Crippen molar-refractivity contribution in [1.29, 1.82) is 0 Å². The van der Waals surface area contributed by atoms with Crippen molar-refractivity contribution in [2.45, 2.75) is 39.5 Å². The Morgan fingerprint density at radius 1 is 1.20 bits per heavy atom. The molecule has 0 aliphatic rings. The fourth-order valence-corrected chi connectivity index (χ4v) is 2.16. The Hall–Kier alpha value is -0.780. The summed E-state index contributed by atoms with van der Waals surface area (Å²) in [4.78, 5) is 11.4. The van der Waals surface area contributed by atoms with Crippen LogP contribution < -0.4 is 0 Å². The number of rotatable bonds is 8. The van der Waals surface area contributed by atoms with Crippen LogP contribution in [0.1, 0.15) is 38.7 Å². The largest absolute Gasteiger partial charge is 0.508 e. The zero-order valence-corrected chi connectivity index (χ0v) is 14.4. The molecule has 0 aliphatic carbocycles. The molecule has 0 amide bonds. The van der Waals surface area contributed by atoms with E-state index in [2.05, 4.69) is 60.7 Å². The monoisotopic (exact) mass is 390 g/mol. The Morgan fingerprint density at radius 3 is 2.50 bits per heavy atom. The second kappa shape index (κ2) is 10.0. The summed E-state index contributed by atoms with van der Waals surface area (Å²) in [6.07, 6.45) is 3.26. The molecule has 0 radical (unpaired) electrons. The van der Waals surface area contributed by atoms with E-state index in [0.717, 1.165) is 25.7 Å². The first-order chi connectivity index (χ1) is 9.65. The molecule has 0 aromatic heterocycles. The first-order valence-electron chi connectivity index (χ1n) is 7.19. The number of hydrogen-bond donors (Lipinski definition) is 0. The van der Waals surface area contributed by atoms with Gasteiger partial charge in [0.1, 0.15) is 0 Å². The molecule has 0 bridgehead atoms. The Kier molecular flexibility index (Phi) is 8.65. The highest BCUT2D eigenvalue weighted by atomic mass is 127. The van der Waals surface area contributed by atoms with Crippen LogP contribution in [0.4, 0.5) is 4.79 Å². The van der Waals surface area contributed by atoms with Gasteiger partial charge in [-0.15, -0.1) is 0 Å². The van der Waals surface area contributed by atoms with Crippen molar-refractivity contribution in [3.63, 3.8) is 0 Å². The molecule has 3 nitrogen and oxygen atoms in total. The maximum absolute atomic E-state index is 11.4. The highest BCUT2D eigenvalue weighted by molar-refractivity contribution is 14.1. The van der Waals surface area contributed by atoms with Gasteiger partial charge in [-0.25, -0.2) is 4.79 Å². The molecule has 1 aromatic rings. The van der Waals surface area contributed by atoms with E-state index in [-0.39, 0.29) is 0 Å². The molecule has 0 saturated heterocycles. The summed E-state index contributed by atoms with van der Waals surface area (Å²) in [5, 5.41) is 0. The minimum atomic E-state index is -0.542. The number of halogens is 1. The Labute approximate surface area is 135 Å². The van der Waals surface area contributed by atoms with Crippen molar-refractivity contribution in [1.82, 2.24) is 0 Å². The molecule has 0 fully saturated rings. The van der Waals surface area contributed by atoms with Gasteiger partial charge in [-0.05, 0) is 65.5 Å². The molecule has 0 N–H and O–H groups in total. The minimum Gasteiger partial charge on any atom is -0.434 e. The summed E-state index contributed by atoms with van der Waals surface area (Å²) in [7, 11) is 0. The van der Waals surface area contributed by atoms with Gasteiger partial charge in [0.2, 0.25) is 0 Å². The third kappa shape index (κ3) is 7.12. The lowest BCUT2D eigenvalue weighted by molar-refractivity contribution is 0.0430. The predicted octanol–water partition coefficient (Wildman–Crippen LogP) is 4.81. The van der Waals surface area contributed by atoms with Crippen LogP contribution in [0.5, 0.6) is 0 Å². The van der Waals surface area contributed by atoms with E-state index in [1.54, 1.807) is 0 Å². The molecule has 0 heterocycles. The number of carbonyl (C=O) groups excluding carboxylic acids is 1. The molecule has 1 atom stereocenters. The SMILES string of the molecule is CCCCOC(=O)OC[C@H](CC)Cc1ccc(I)cc1. The summed E-state index contributed by atoms with van der Waals surface area (Å²) in [6.45, 7) is 5.04. The fourth-order valence-electron chi connectivity index (χ4n) is 1.80. The highest BCUT2D eigenvalue weighted by Gasteiger charge is 2.12. The molecular weight excluding hydrogens is 367 g/mol. The molecule has 0 unspecified atom stereocenters. The second-order valence-corrected chi connectivity index (χ2v) is 6.11. The maximum Gasteiger partial charge on any atom is 0.508 e. The third-order valence-corrected chi connectivity index (χ3v) is 3.89. The molecule has 4 heteroatoms. The first kappa shape index (κ1) is 17.3.